The number of nitrogens with one attached hydrogen (secondary N) is 1. The second kappa shape index (κ2) is 5.75. The van der Waals surface area contributed by atoms with Crippen molar-refractivity contribution in [3.63, 3.8) is 0 Å². The lowest BCUT2D eigenvalue weighted by molar-refractivity contribution is 0.347. The summed E-state index contributed by atoms with van der Waals surface area (Å²) in [6, 6.07) is 8.92. The second-order valence-electron chi connectivity index (χ2n) is 6.34. The van der Waals surface area contributed by atoms with E-state index < -0.39 is 0 Å². The highest BCUT2D eigenvalue weighted by atomic mass is 15.4. The summed E-state index contributed by atoms with van der Waals surface area (Å²) in [5.41, 5.74) is 3.53. The molecule has 2 rings (SSSR count). The zero-order chi connectivity index (χ0) is 14.8. The maximum atomic E-state index is 4.21. The van der Waals surface area contributed by atoms with Crippen molar-refractivity contribution in [3.05, 3.63) is 47.3 Å². The van der Waals surface area contributed by atoms with Gasteiger partial charge in [0.1, 0.15) is 0 Å². The van der Waals surface area contributed by atoms with Gasteiger partial charge in [-0.3, -0.25) is 0 Å². The van der Waals surface area contributed by atoms with Gasteiger partial charge >= 0.3 is 0 Å². The molecule has 1 aromatic heterocycles. The highest BCUT2D eigenvalue weighted by Crippen LogP contribution is 2.15. The van der Waals surface area contributed by atoms with Crippen LogP contribution in [0.25, 0.3) is 0 Å². The van der Waals surface area contributed by atoms with Crippen molar-refractivity contribution in [2.75, 3.05) is 0 Å². The maximum absolute atomic E-state index is 4.21. The first-order chi connectivity index (χ1) is 9.36. The van der Waals surface area contributed by atoms with Gasteiger partial charge in [0, 0.05) is 12.6 Å². The first kappa shape index (κ1) is 14.7. The SMILES string of the molecule is Cc1ccc([C@H](C)NCc2cn(C(C)(C)C)nn2)cc1. The Morgan fingerprint density at radius 3 is 2.40 bits per heavy atom. The predicted octanol–water partition coefficient (Wildman–Crippen LogP) is 3.19. The smallest absolute Gasteiger partial charge is 0.0965 e. The quantitative estimate of drug-likeness (QED) is 0.929. The number of aromatic nitrogens is 3. The summed E-state index contributed by atoms with van der Waals surface area (Å²) in [5, 5.41) is 11.9. The van der Waals surface area contributed by atoms with Crippen molar-refractivity contribution in [1.82, 2.24) is 20.3 Å². The number of aryl methyl sites for hydroxylation is 1. The van der Waals surface area contributed by atoms with Crippen LogP contribution in [0.5, 0.6) is 0 Å². The van der Waals surface area contributed by atoms with Crippen LogP contribution in [-0.4, -0.2) is 15.0 Å². The van der Waals surface area contributed by atoms with Crippen molar-refractivity contribution in [2.45, 2.75) is 52.7 Å². The lowest BCUT2D eigenvalue weighted by Gasteiger charge is -2.17. The Hall–Kier alpha value is -1.68. The molecule has 1 atom stereocenters. The Labute approximate surface area is 121 Å². The molecule has 0 bridgehead atoms. The molecule has 4 nitrogen and oxygen atoms in total. The lowest BCUT2D eigenvalue weighted by atomic mass is 10.1. The number of rotatable bonds is 4. The van der Waals surface area contributed by atoms with Gasteiger partial charge in [-0.15, -0.1) is 5.10 Å². The average molecular weight is 272 g/mol. The molecule has 20 heavy (non-hydrogen) atoms. The zero-order valence-corrected chi connectivity index (χ0v) is 13.0. The fourth-order valence-corrected chi connectivity index (χ4v) is 1.94. The summed E-state index contributed by atoms with van der Waals surface area (Å²) in [6.07, 6.45) is 2.01. The molecule has 0 aliphatic carbocycles. The fraction of sp³-hybridized carbons (Fsp3) is 0.500. The summed E-state index contributed by atoms with van der Waals surface area (Å²) < 4.78 is 1.90. The van der Waals surface area contributed by atoms with Crippen LogP contribution < -0.4 is 5.32 Å². The molecule has 0 fully saturated rings. The molecule has 0 amide bonds. The minimum atomic E-state index is -0.0200. The molecule has 1 aromatic carbocycles. The topological polar surface area (TPSA) is 42.7 Å². The molecule has 0 unspecified atom stereocenters. The average Bonchev–Trinajstić information content (AvgIpc) is 2.85. The Morgan fingerprint density at radius 2 is 1.85 bits per heavy atom. The summed E-state index contributed by atoms with van der Waals surface area (Å²) >= 11 is 0. The molecule has 0 radical (unpaired) electrons. The number of hydrogen-bond acceptors (Lipinski definition) is 3. The molecule has 1 N–H and O–H groups in total. The molecule has 4 heteroatoms. The van der Waals surface area contributed by atoms with E-state index in [1.54, 1.807) is 0 Å². The van der Waals surface area contributed by atoms with Crippen LogP contribution >= 0.6 is 0 Å². The van der Waals surface area contributed by atoms with Gasteiger partial charge in [-0.05, 0) is 40.2 Å². The second-order valence-corrected chi connectivity index (χ2v) is 6.34. The third-order valence-electron chi connectivity index (χ3n) is 3.39. The Bertz CT molecular complexity index is 549. The van der Waals surface area contributed by atoms with Gasteiger partial charge in [0.25, 0.3) is 0 Å². The number of benzene rings is 1. The van der Waals surface area contributed by atoms with Crippen LogP contribution in [0.1, 0.15) is 50.6 Å². The van der Waals surface area contributed by atoms with Gasteiger partial charge in [-0.25, -0.2) is 4.68 Å². The third-order valence-corrected chi connectivity index (χ3v) is 3.39. The van der Waals surface area contributed by atoms with E-state index in [-0.39, 0.29) is 5.54 Å². The minimum absolute atomic E-state index is 0.0200. The molecular weight excluding hydrogens is 248 g/mol. The molecule has 0 saturated carbocycles. The number of nitrogens with zero attached hydrogens (tertiary/aromatic N) is 3. The van der Waals surface area contributed by atoms with E-state index >= 15 is 0 Å². The van der Waals surface area contributed by atoms with Crippen LogP contribution in [0.4, 0.5) is 0 Å². The Balaban J connectivity index is 1.95. The summed E-state index contributed by atoms with van der Waals surface area (Å²) in [6.45, 7) is 11.4. The molecule has 1 heterocycles. The molecule has 0 spiro atoms. The summed E-state index contributed by atoms with van der Waals surface area (Å²) in [5.74, 6) is 0. The molecule has 2 aromatic rings. The molecule has 0 aliphatic heterocycles. The monoisotopic (exact) mass is 272 g/mol. The normalized spacial score (nSPS) is 13.4. The van der Waals surface area contributed by atoms with Gasteiger partial charge in [0.2, 0.25) is 0 Å². The first-order valence-corrected chi connectivity index (χ1v) is 7.08. The van der Waals surface area contributed by atoms with Gasteiger partial charge in [-0.2, -0.15) is 0 Å². The van der Waals surface area contributed by atoms with Gasteiger partial charge in [-0.1, -0.05) is 35.0 Å². The van der Waals surface area contributed by atoms with E-state index in [0.29, 0.717) is 6.04 Å². The van der Waals surface area contributed by atoms with Crippen LogP contribution in [0.2, 0.25) is 0 Å². The zero-order valence-electron chi connectivity index (χ0n) is 13.0. The van der Waals surface area contributed by atoms with Crippen LogP contribution in [-0.2, 0) is 12.1 Å². The molecule has 0 saturated heterocycles. The van der Waals surface area contributed by atoms with Crippen LogP contribution in [0.15, 0.2) is 30.5 Å². The molecule has 108 valence electrons. The minimum Gasteiger partial charge on any atom is -0.304 e. The van der Waals surface area contributed by atoms with Gasteiger partial charge in [0.05, 0.1) is 17.4 Å². The largest absolute Gasteiger partial charge is 0.304 e. The Kier molecular flexibility index (Phi) is 4.23. The van der Waals surface area contributed by atoms with Crippen molar-refractivity contribution in [1.29, 1.82) is 0 Å². The summed E-state index contributed by atoms with van der Waals surface area (Å²) in [4.78, 5) is 0. The van der Waals surface area contributed by atoms with Crippen LogP contribution in [0, 0.1) is 6.92 Å². The number of hydrogen-bond donors (Lipinski definition) is 1. The Morgan fingerprint density at radius 1 is 1.20 bits per heavy atom. The van der Waals surface area contributed by atoms with E-state index in [0.717, 1.165) is 12.2 Å². The van der Waals surface area contributed by atoms with Crippen molar-refractivity contribution >= 4 is 0 Å². The molecular formula is C16H24N4. The first-order valence-electron chi connectivity index (χ1n) is 7.08. The highest BCUT2D eigenvalue weighted by molar-refractivity contribution is 5.23. The van der Waals surface area contributed by atoms with Gasteiger partial charge < -0.3 is 5.32 Å². The lowest BCUT2D eigenvalue weighted by Crippen LogP contribution is -2.22. The van der Waals surface area contributed by atoms with E-state index in [9.17, 15) is 0 Å². The fourth-order valence-electron chi connectivity index (χ4n) is 1.94. The molecule has 0 aliphatic rings. The van der Waals surface area contributed by atoms with Crippen molar-refractivity contribution in [3.8, 4) is 0 Å². The predicted molar refractivity (Wildman–Crippen MR) is 81.5 cm³/mol. The van der Waals surface area contributed by atoms with Crippen molar-refractivity contribution in [2.24, 2.45) is 0 Å². The van der Waals surface area contributed by atoms with Crippen LogP contribution in [0.3, 0.4) is 0 Å². The van der Waals surface area contributed by atoms with E-state index in [2.05, 4.69) is 74.5 Å². The van der Waals surface area contributed by atoms with E-state index in [4.69, 9.17) is 0 Å². The van der Waals surface area contributed by atoms with Gasteiger partial charge in [0.15, 0.2) is 0 Å². The maximum Gasteiger partial charge on any atom is 0.0965 e. The highest BCUT2D eigenvalue weighted by Gasteiger charge is 2.15. The van der Waals surface area contributed by atoms with Crippen molar-refractivity contribution < 1.29 is 0 Å². The summed E-state index contributed by atoms with van der Waals surface area (Å²) in [7, 11) is 0. The standard InChI is InChI=1S/C16H24N4/c1-12-6-8-14(9-7-12)13(2)17-10-15-11-20(19-18-15)16(3,4)5/h6-9,11,13,17H,10H2,1-5H3/t13-/m0/s1. The third kappa shape index (κ3) is 3.67. The van der Waals surface area contributed by atoms with E-state index in [1.807, 2.05) is 10.9 Å². The van der Waals surface area contributed by atoms with E-state index in [1.165, 1.54) is 11.1 Å².